The second kappa shape index (κ2) is 17.1. The quantitative estimate of drug-likeness (QED) is 0.0914. The van der Waals surface area contributed by atoms with Crippen LogP contribution in [0.1, 0.15) is 122 Å². The summed E-state index contributed by atoms with van der Waals surface area (Å²) < 4.78 is 10.1. The maximum absolute atomic E-state index is 12.6. The van der Waals surface area contributed by atoms with Gasteiger partial charge < -0.3 is 19.5 Å². The molecule has 10 nitrogen and oxygen atoms in total. The molecule has 0 bridgehead atoms. The average Bonchev–Trinajstić information content (AvgIpc) is 3.71. The Labute approximate surface area is 310 Å². The van der Waals surface area contributed by atoms with Gasteiger partial charge in [-0.2, -0.15) is 10.4 Å². The van der Waals surface area contributed by atoms with Gasteiger partial charge >= 0.3 is 0 Å². The van der Waals surface area contributed by atoms with Gasteiger partial charge in [0.25, 0.3) is 5.91 Å². The Morgan fingerprint density at radius 2 is 1.73 bits per heavy atom. The predicted molar refractivity (Wildman–Crippen MR) is 207 cm³/mol. The van der Waals surface area contributed by atoms with Gasteiger partial charge in [-0.05, 0) is 73.8 Å². The molecular weight excluding hydrogens is 649 g/mol. The van der Waals surface area contributed by atoms with E-state index < -0.39 is 5.54 Å². The minimum Gasteiger partial charge on any atom is -0.365 e. The largest absolute Gasteiger partial charge is 0.365 e. The summed E-state index contributed by atoms with van der Waals surface area (Å²) in [5.41, 5.74) is 4.32. The van der Waals surface area contributed by atoms with Crippen molar-refractivity contribution in [3.8, 4) is 17.2 Å². The average molecular weight is 707 g/mol. The van der Waals surface area contributed by atoms with Crippen LogP contribution in [0.3, 0.4) is 0 Å². The van der Waals surface area contributed by atoms with Crippen LogP contribution in [-0.4, -0.2) is 56.0 Å². The first-order chi connectivity index (χ1) is 25.2. The predicted octanol–water partition coefficient (Wildman–Crippen LogP) is 8.87. The summed E-state index contributed by atoms with van der Waals surface area (Å²) in [4.78, 5) is 24.0. The number of hydrogen-bond acceptors (Lipinski definition) is 7. The second-order valence-corrected chi connectivity index (χ2v) is 16.5. The summed E-state index contributed by atoms with van der Waals surface area (Å²) in [5, 5.41) is 18.7. The number of carbonyl (C=O) groups is 1. The van der Waals surface area contributed by atoms with Crippen molar-refractivity contribution >= 4 is 22.6 Å². The van der Waals surface area contributed by atoms with Gasteiger partial charge in [-0.25, -0.2) is 9.97 Å². The third-order valence-corrected chi connectivity index (χ3v) is 10.9. The van der Waals surface area contributed by atoms with Crippen molar-refractivity contribution in [2.75, 3.05) is 24.6 Å². The zero-order valence-electron chi connectivity index (χ0n) is 31.8. The summed E-state index contributed by atoms with van der Waals surface area (Å²) in [5.74, 6) is 0.461. The van der Waals surface area contributed by atoms with Crippen molar-refractivity contribution in [2.24, 2.45) is 11.3 Å². The van der Waals surface area contributed by atoms with Crippen molar-refractivity contribution in [2.45, 2.75) is 129 Å². The Morgan fingerprint density at radius 3 is 2.40 bits per heavy atom. The third kappa shape index (κ3) is 9.60. The molecule has 1 atom stereocenters. The van der Waals surface area contributed by atoms with Crippen LogP contribution in [0, 0.1) is 22.7 Å². The highest BCUT2D eigenvalue weighted by Crippen LogP contribution is 2.37. The molecule has 0 unspecified atom stereocenters. The number of ether oxygens (including phenoxy) is 1. The van der Waals surface area contributed by atoms with Gasteiger partial charge in [-0.3, -0.25) is 9.48 Å². The number of anilines is 1. The zero-order valence-corrected chi connectivity index (χ0v) is 31.8. The SMILES string of the molecule is C[C@H](NC(=O)c1ccc(N2CC(CC#N)(n3cc(-c4ccnc5c4ccn5COCCCCCCCCCCCC(C)(C)C)cn3)C2)cn1)C1CC1. The molecule has 0 aromatic carbocycles. The van der Waals surface area contributed by atoms with Crippen molar-refractivity contribution in [3.63, 3.8) is 0 Å². The molecule has 1 aliphatic heterocycles. The van der Waals surface area contributed by atoms with Gasteiger partial charge in [0.05, 0.1) is 30.6 Å². The minimum absolute atomic E-state index is 0.130. The summed E-state index contributed by atoms with van der Waals surface area (Å²) in [6.45, 7) is 11.6. The highest BCUT2D eigenvalue weighted by atomic mass is 16.5. The van der Waals surface area contributed by atoms with Crippen LogP contribution in [0.15, 0.2) is 55.2 Å². The van der Waals surface area contributed by atoms with E-state index in [1.54, 1.807) is 12.3 Å². The summed E-state index contributed by atoms with van der Waals surface area (Å²) in [6.07, 6.45) is 25.4. The molecule has 2 aliphatic rings. The number of nitrogens with zero attached hydrogens (tertiary/aromatic N) is 7. The zero-order chi connectivity index (χ0) is 36.6. The van der Waals surface area contributed by atoms with Gasteiger partial charge in [0, 0.05) is 55.3 Å². The van der Waals surface area contributed by atoms with Gasteiger partial charge in [0.1, 0.15) is 23.6 Å². The third-order valence-electron chi connectivity index (χ3n) is 10.9. The van der Waals surface area contributed by atoms with E-state index >= 15 is 0 Å². The lowest BCUT2D eigenvalue weighted by molar-refractivity contribution is 0.0763. The molecular formula is C42H58N8O2. The van der Waals surface area contributed by atoms with Gasteiger partial charge in [0.2, 0.25) is 0 Å². The van der Waals surface area contributed by atoms with Crippen LogP contribution in [0.2, 0.25) is 0 Å². The van der Waals surface area contributed by atoms with Gasteiger partial charge in [-0.1, -0.05) is 72.1 Å². The molecule has 4 aromatic heterocycles. The van der Waals surface area contributed by atoms with Crippen molar-refractivity contribution in [1.29, 1.82) is 5.26 Å². The van der Waals surface area contributed by atoms with Crippen molar-refractivity contribution in [1.82, 2.24) is 29.6 Å². The standard InChI is InChI=1S/C42H58N8O2/c1-32(33-14-15-33)47-40(51)38-17-16-35(27-45-38)49-29-42(30-49,21-22-43)50-28-34(26-46-50)36-18-23-44-39-37(36)19-24-48(39)31-52-25-13-11-9-7-5-6-8-10-12-20-41(2,3)4/h16-19,23-24,26-28,32-33H,5-15,20-21,25,29-31H2,1-4H3,(H,47,51)/t32-/m0/s1. The summed E-state index contributed by atoms with van der Waals surface area (Å²) >= 11 is 0. The fourth-order valence-electron chi connectivity index (χ4n) is 7.46. The fourth-order valence-corrected chi connectivity index (χ4v) is 7.46. The molecule has 278 valence electrons. The smallest absolute Gasteiger partial charge is 0.270 e. The molecule has 0 radical (unpaired) electrons. The molecule has 0 spiro atoms. The Balaban J connectivity index is 0.963. The molecule has 52 heavy (non-hydrogen) atoms. The Hall–Kier alpha value is -4.23. The number of nitriles is 1. The van der Waals surface area contributed by atoms with Crippen molar-refractivity contribution < 1.29 is 9.53 Å². The lowest BCUT2D eigenvalue weighted by atomic mass is 9.86. The Morgan fingerprint density at radius 1 is 1.00 bits per heavy atom. The molecule has 1 amide bonds. The van der Waals surface area contributed by atoms with Crippen LogP contribution in [0.4, 0.5) is 5.69 Å². The van der Waals surface area contributed by atoms with E-state index in [9.17, 15) is 10.1 Å². The van der Waals surface area contributed by atoms with Crippen LogP contribution < -0.4 is 10.2 Å². The minimum atomic E-state index is -0.444. The molecule has 1 saturated heterocycles. The Kier molecular flexibility index (Phi) is 12.3. The molecule has 5 heterocycles. The molecule has 1 saturated carbocycles. The maximum Gasteiger partial charge on any atom is 0.270 e. The fraction of sp³-hybridized carbons (Fsp3) is 0.595. The van der Waals surface area contributed by atoms with E-state index in [1.165, 1.54) is 70.6 Å². The number of aromatic nitrogens is 5. The molecule has 1 aliphatic carbocycles. The van der Waals surface area contributed by atoms with Crippen LogP contribution in [0.5, 0.6) is 0 Å². The Bertz CT molecular complexity index is 1790. The molecule has 1 N–H and O–H groups in total. The lowest BCUT2D eigenvalue weighted by Crippen LogP contribution is -2.63. The number of nitrogens with one attached hydrogen (secondary N) is 1. The van der Waals surface area contributed by atoms with E-state index in [1.807, 2.05) is 35.4 Å². The first-order valence-electron chi connectivity index (χ1n) is 19.6. The van der Waals surface area contributed by atoms with Gasteiger partial charge in [-0.15, -0.1) is 0 Å². The number of carbonyl (C=O) groups excluding carboxylic acids is 1. The number of rotatable bonds is 20. The van der Waals surface area contributed by atoms with E-state index in [4.69, 9.17) is 9.84 Å². The molecule has 2 fully saturated rings. The van der Waals surface area contributed by atoms with Crippen LogP contribution in [-0.2, 0) is 17.0 Å². The highest BCUT2D eigenvalue weighted by Gasteiger charge is 2.46. The van der Waals surface area contributed by atoms with Crippen LogP contribution >= 0.6 is 0 Å². The van der Waals surface area contributed by atoms with E-state index in [0.717, 1.165) is 40.9 Å². The number of unbranched alkanes of at least 4 members (excludes halogenated alkanes) is 8. The van der Waals surface area contributed by atoms with E-state index in [2.05, 4.69) is 70.8 Å². The monoisotopic (exact) mass is 706 g/mol. The molecule has 4 aromatic rings. The lowest BCUT2D eigenvalue weighted by Gasteiger charge is -2.50. The molecule has 6 rings (SSSR count). The van der Waals surface area contributed by atoms with Crippen molar-refractivity contribution in [3.05, 3.63) is 60.9 Å². The second-order valence-electron chi connectivity index (χ2n) is 16.5. The highest BCUT2D eigenvalue weighted by molar-refractivity contribution is 5.93. The van der Waals surface area contributed by atoms with E-state index in [-0.39, 0.29) is 11.9 Å². The maximum atomic E-state index is 12.6. The molecule has 10 heteroatoms. The van der Waals surface area contributed by atoms with Crippen LogP contribution in [0.25, 0.3) is 22.2 Å². The van der Waals surface area contributed by atoms with Gasteiger partial charge in [0.15, 0.2) is 0 Å². The summed E-state index contributed by atoms with van der Waals surface area (Å²) in [7, 11) is 0. The first kappa shape index (κ1) is 37.5. The summed E-state index contributed by atoms with van der Waals surface area (Å²) in [6, 6.07) is 10.4. The topological polar surface area (TPSA) is 114 Å². The number of fused-ring (bicyclic) bond motifs is 1. The first-order valence-corrected chi connectivity index (χ1v) is 19.6. The number of pyridine rings is 2. The number of amides is 1. The number of hydrogen-bond donors (Lipinski definition) is 1. The normalized spacial score (nSPS) is 16.1. The van der Waals surface area contributed by atoms with E-state index in [0.29, 0.717) is 43.3 Å².